The third-order valence-corrected chi connectivity index (χ3v) is 22.1. The second kappa shape index (κ2) is 30.5. The van der Waals surface area contributed by atoms with Gasteiger partial charge in [-0.1, -0.05) is 87.0 Å². The van der Waals surface area contributed by atoms with Gasteiger partial charge in [-0.3, -0.25) is 43.0 Å². The largest absolute Gasteiger partial charge is 0.481 e. The third-order valence-electron chi connectivity index (χ3n) is 19.6. The van der Waals surface area contributed by atoms with Crippen molar-refractivity contribution < 1.29 is 77.9 Å². The zero-order chi connectivity index (χ0) is 74.7. The Morgan fingerprint density at radius 3 is 2.08 bits per heavy atom. The van der Waals surface area contributed by atoms with Gasteiger partial charge >= 0.3 is 24.0 Å². The summed E-state index contributed by atoms with van der Waals surface area (Å²) in [6, 6.07) is 26.7. The van der Waals surface area contributed by atoms with E-state index >= 15 is 0 Å². The average Bonchev–Trinajstić information content (AvgIpc) is 1.58. The van der Waals surface area contributed by atoms with Gasteiger partial charge in [0.25, 0.3) is 31.7 Å². The van der Waals surface area contributed by atoms with E-state index in [9.17, 15) is 78.1 Å². The molecule has 544 valence electrons. The fourth-order valence-corrected chi connectivity index (χ4v) is 14.8. The first-order valence-electron chi connectivity index (χ1n) is 33.8. The van der Waals surface area contributed by atoms with Gasteiger partial charge in [0.2, 0.25) is 11.6 Å². The Balaban J connectivity index is 0.863. The number of unbranched alkanes of at least 4 members (excludes halogenated alkanes) is 1. The topological polar surface area (TPSA) is 366 Å². The number of nitrogens with one attached hydrogen (secondary N) is 3. The molecule has 24 nitrogen and oxygen atoms in total. The summed E-state index contributed by atoms with van der Waals surface area (Å²) in [6.07, 6.45) is 5.73. The second-order valence-electron chi connectivity index (χ2n) is 27.4. The SMILES string of the molecule is CC(CCN1C(=CC=C2CCCC(C=CC3=[N+](CCC(C)S(=O)(=O)O)c4ccc5ccccc5c4C3(C)C)=C2NCCCC[C@H](CC(=O)CC[C@H](NC(=O)c2ccc(N(Cc3cnc4nc(N)[nH]c(=O)c4n3)C(=O)C(F)(F)F)cc2)C(=O)O)C(=O)O)C(C)(C)c2c1ccc1ccccc21)S(=O)(=O)O. The molecule has 0 saturated heterocycles. The number of hydrogen-bond donors (Lipinski definition) is 8. The number of H-pyrrole nitrogens is 1. The van der Waals surface area contributed by atoms with Crippen LogP contribution in [0.15, 0.2) is 155 Å². The van der Waals surface area contributed by atoms with E-state index in [1.165, 1.54) is 13.8 Å². The predicted octanol–water partition coefficient (Wildman–Crippen LogP) is 11.1. The predicted molar refractivity (Wildman–Crippen MR) is 385 cm³/mol. The molecule has 29 heteroatoms. The number of anilines is 3. The van der Waals surface area contributed by atoms with E-state index in [4.69, 9.17) is 5.73 Å². The molecule has 2 amide bonds. The molecule has 0 bridgehead atoms. The average molecular weight is 1460 g/mol. The highest BCUT2D eigenvalue weighted by Gasteiger charge is 2.47. The molecule has 5 aromatic carbocycles. The molecule has 2 aliphatic heterocycles. The van der Waals surface area contributed by atoms with Crippen molar-refractivity contribution in [1.29, 1.82) is 0 Å². The van der Waals surface area contributed by atoms with Crippen LogP contribution in [0.5, 0.6) is 0 Å². The van der Waals surface area contributed by atoms with Gasteiger partial charge < -0.3 is 31.5 Å². The van der Waals surface area contributed by atoms with Crippen LogP contribution in [0.25, 0.3) is 32.7 Å². The van der Waals surface area contributed by atoms with Crippen LogP contribution in [0.1, 0.15) is 139 Å². The molecular formula is C74H82F3N10O14S2+. The summed E-state index contributed by atoms with van der Waals surface area (Å²) in [5.74, 6) is -8.13. The van der Waals surface area contributed by atoms with Crippen molar-refractivity contribution in [3.05, 3.63) is 183 Å². The van der Waals surface area contributed by atoms with Gasteiger partial charge in [-0.05, 0) is 153 Å². The van der Waals surface area contributed by atoms with E-state index < -0.39 is 121 Å². The molecule has 1 aliphatic carbocycles. The molecule has 0 saturated carbocycles. The molecule has 0 spiro atoms. The molecule has 0 radical (unpaired) electrons. The molecule has 4 atom stereocenters. The molecule has 3 aliphatic rings. The van der Waals surface area contributed by atoms with Crippen molar-refractivity contribution in [1.82, 2.24) is 30.6 Å². The van der Waals surface area contributed by atoms with Gasteiger partial charge in [0.15, 0.2) is 23.4 Å². The smallest absolute Gasteiger partial charge is 0.471 e. The molecule has 9 N–H and O–H groups in total. The van der Waals surface area contributed by atoms with Crippen LogP contribution in [0.4, 0.5) is 36.2 Å². The first-order chi connectivity index (χ1) is 48.5. The zero-order valence-corrected chi connectivity index (χ0v) is 59.3. The number of carbonyl (C=O) groups excluding carboxylic acids is 3. The summed E-state index contributed by atoms with van der Waals surface area (Å²) in [6.45, 7) is 11.5. The first kappa shape index (κ1) is 75.7. The number of carbonyl (C=O) groups is 5. The van der Waals surface area contributed by atoms with E-state index in [1.54, 1.807) is 0 Å². The van der Waals surface area contributed by atoms with Gasteiger partial charge in [-0.15, -0.1) is 0 Å². The van der Waals surface area contributed by atoms with Crippen molar-refractivity contribution in [2.45, 2.75) is 152 Å². The minimum atomic E-state index is -5.39. The number of fused-ring (bicyclic) bond motifs is 7. The van der Waals surface area contributed by atoms with Crippen molar-refractivity contribution in [3.63, 3.8) is 0 Å². The van der Waals surface area contributed by atoms with E-state index in [2.05, 4.69) is 104 Å². The molecule has 0 fully saturated rings. The van der Waals surface area contributed by atoms with Crippen LogP contribution in [-0.2, 0) is 56.8 Å². The summed E-state index contributed by atoms with van der Waals surface area (Å²) in [4.78, 5) is 93.7. The molecule has 4 heterocycles. The number of benzene rings is 5. The molecule has 2 aromatic heterocycles. The molecule has 103 heavy (non-hydrogen) atoms. The van der Waals surface area contributed by atoms with E-state index in [1.807, 2.05) is 60.7 Å². The lowest BCUT2D eigenvalue weighted by atomic mass is 9.78. The Labute approximate surface area is 592 Å². The quantitative estimate of drug-likeness (QED) is 0.0123. The number of aromatic nitrogens is 4. The second-order valence-corrected chi connectivity index (χ2v) is 31.1. The van der Waals surface area contributed by atoms with E-state index in [0.29, 0.717) is 32.2 Å². The fourth-order valence-electron chi connectivity index (χ4n) is 14.0. The summed E-state index contributed by atoms with van der Waals surface area (Å²) in [5, 5.41) is 28.6. The number of nitrogen functional groups attached to an aromatic ring is 1. The van der Waals surface area contributed by atoms with E-state index in [0.717, 1.165) is 109 Å². The van der Waals surface area contributed by atoms with Crippen LogP contribution in [0, 0.1) is 5.92 Å². The Morgan fingerprint density at radius 2 is 1.43 bits per heavy atom. The number of rotatable bonds is 29. The number of nitrogens with zero attached hydrogens (tertiary/aromatic N) is 6. The number of carboxylic acid groups (broad SMARTS) is 2. The number of alkyl halides is 3. The Kier molecular flexibility index (Phi) is 22.4. The first-order valence-corrected chi connectivity index (χ1v) is 36.8. The van der Waals surface area contributed by atoms with Gasteiger partial charge in [-0.25, -0.2) is 14.8 Å². The molecular weight excluding hydrogens is 1370 g/mol. The third kappa shape index (κ3) is 16.9. The number of aromatic amines is 1. The van der Waals surface area contributed by atoms with Crippen LogP contribution >= 0.6 is 0 Å². The number of halogens is 3. The maximum Gasteiger partial charge on any atom is 0.471 e. The lowest BCUT2D eigenvalue weighted by Crippen LogP contribution is -2.41. The number of aliphatic carboxylic acids is 2. The van der Waals surface area contributed by atoms with Crippen LogP contribution in [0.3, 0.4) is 0 Å². The summed E-state index contributed by atoms with van der Waals surface area (Å²) >= 11 is 0. The molecule has 7 aromatic rings. The van der Waals surface area contributed by atoms with Crippen molar-refractivity contribution >= 4 is 111 Å². The Morgan fingerprint density at radius 1 is 0.777 bits per heavy atom. The number of ketones is 1. The molecule has 10 rings (SSSR count). The van der Waals surface area contributed by atoms with Crippen LogP contribution < -0.4 is 31.7 Å². The van der Waals surface area contributed by atoms with Crippen molar-refractivity contribution in [2.24, 2.45) is 5.92 Å². The van der Waals surface area contributed by atoms with Gasteiger partial charge in [0.05, 0.1) is 40.3 Å². The van der Waals surface area contributed by atoms with Gasteiger partial charge in [-0.2, -0.15) is 39.6 Å². The lowest BCUT2D eigenvalue weighted by Gasteiger charge is -2.28. The van der Waals surface area contributed by atoms with Crippen LogP contribution in [-0.4, -0.2) is 138 Å². The number of Topliss-reactive ketones (excluding diaryl/α,β-unsaturated/α-hetero) is 1. The normalized spacial score (nSPS) is 17.3. The summed E-state index contributed by atoms with van der Waals surface area (Å²) in [5.41, 5.74) is 10.6. The Hall–Kier alpha value is -9.97. The highest BCUT2D eigenvalue weighted by molar-refractivity contribution is 7.86. The minimum absolute atomic E-state index is 0.0674. The number of allylic oxidation sites excluding steroid dienone is 7. The van der Waals surface area contributed by atoms with E-state index in [-0.39, 0.29) is 71.3 Å². The number of amides is 2. The maximum atomic E-state index is 13.9. The monoisotopic (exact) mass is 1460 g/mol. The fraction of sp³-hybridized carbons (Fsp3) is 0.378. The lowest BCUT2D eigenvalue weighted by molar-refractivity contribution is -0.438. The van der Waals surface area contributed by atoms with Gasteiger partial charge in [0.1, 0.15) is 11.8 Å². The summed E-state index contributed by atoms with van der Waals surface area (Å²) in [7, 11) is -8.69. The minimum Gasteiger partial charge on any atom is -0.481 e. The number of nitrogens with two attached hydrogens (primary N) is 1. The number of carboxylic acids is 2. The zero-order valence-electron chi connectivity index (χ0n) is 57.6. The highest BCUT2D eigenvalue weighted by atomic mass is 32.2. The van der Waals surface area contributed by atoms with Crippen molar-refractivity contribution in [3.8, 4) is 0 Å². The van der Waals surface area contributed by atoms with Crippen LogP contribution in [0.2, 0.25) is 0 Å². The standard InChI is InChI=1S/C74H81F3N10O14S2/c1-43(102(96,97)98)35-38-85-57-31-23-45-14-7-9-19-54(45)61(57)72(3,4)59(85)33-25-47-17-13-18-48(26-34-60-73(5,6)62-55-20-10-8-15-46(55)24-32-58(62)86(60)39-36-44(2)103(99,100)101)63(47)79-37-12-11-16-50(68(91)92)40-53(88)29-30-56(69(93)94)82-66(89)49-21-27-52(28-22-49)87(70(95)74(75,76)77)42-51-41-80-65-64(81-51)67(90)84-71(78)83-65/h7-10,14-15,19-28,31-34,41,43-44,50,56H,11-13,16-18,29-30,35-40,42H2,1-6H3,(H8,78,80,82,83,84,89,90,91,92,93,94,96,97,98,99,100,101)/p+1/t43?,44?,50-,56+/m1/s1. The highest BCUT2D eigenvalue weighted by Crippen LogP contribution is 2.51. The van der Waals surface area contributed by atoms with Gasteiger partial charge in [0, 0.05) is 83.8 Å². The summed E-state index contributed by atoms with van der Waals surface area (Å²) < 4.78 is 114. The molecule has 2 unspecified atom stereocenters. The number of hydrogen-bond acceptors (Lipinski definition) is 16. The van der Waals surface area contributed by atoms with Crippen molar-refractivity contribution in [2.75, 3.05) is 35.2 Å². The Bertz CT molecular complexity index is 4990. The maximum absolute atomic E-state index is 13.9.